The maximum Gasteiger partial charge on any atom is 0.232 e. The molecule has 1 amide bonds. The van der Waals surface area contributed by atoms with Crippen LogP contribution in [0.5, 0.6) is 0 Å². The van der Waals surface area contributed by atoms with Gasteiger partial charge >= 0.3 is 0 Å². The fraction of sp³-hybridized carbons (Fsp3) is 0.158. The van der Waals surface area contributed by atoms with Crippen LogP contribution in [0.15, 0.2) is 71.9 Å². The molecule has 0 spiro atoms. The first kappa shape index (κ1) is 15.6. The monoisotopic (exact) mass is 322 g/mol. The normalized spacial score (nSPS) is 10.7. The lowest BCUT2D eigenvalue weighted by Gasteiger charge is -2.17. The number of fused-ring (bicyclic) bond motifs is 1. The van der Waals surface area contributed by atoms with Gasteiger partial charge in [0.1, 0.15) is 0 Å². The molecule has 0 bridgehead atoms. The van der Waals surface area contributed by atoms with E-state index in [0.717, 1.165) is 10.5 Å². The molecule has 0 radical (unpaired) electrons. The summed E-state index contributed by atoms with van der Waals surface area (Å²) in [4.78, 5) is 19.1. The van der Waals surface area contributed by atoms with E-state index >= 15 is 0 Å². The second-order valence-corrected chi connectivity index (χ2v) is 6.45. The van der Waals surface area contributed by atoms with Crippen molar-refractivity contribution >= 4 is 28.4 Å². The van der Waals surface area contributed by atoms with Crippen LogP contribution >= 0.6 is 11.8 Å². The van der Waals surface area contributed by atoms with Crippen LogP contribution in [0, 0.1) is 0 Å². The molecule has 1 aromatic heterocycles. The Balaban J connectivity index is 1.59. The number of pyridine rings is 1. The third-order valence-corrected chi connectivity index (χ3v) is 4.66. The Morgan fingerprint density at radius 1 is 1.04 bits per heavy atom. The van der Waals surface area contributed by atoms with Crippen LogP contribution in [0.4, 0.5) is 0 Å². The van der Waals surface area contributed by atoms with Crippen LogP contribution in [0.1, 0.15) is 5.56 Å². The SMILES string of the molecule is CN(Cc1ccncc1)C(=O)CSc1ccc2ccccc2c1. The molecular weight excluding hydrogens is 304 g/mol. The summed E-state index contributed by atoms with van der Waals surface area (Å²) in [6.07, 6.45) is 3.49. The smallest absolute Gasteiger partial charge is 0.232 e. The van der Waals surface area contributed by atoms with Crippen molar-refractivity contribution in [3.05, 3.63) is 72.6 Å². The minimum absolute atomic E-state index is 0.125. The molecule has 3 rings (SSSR count). The standard InChI is InChI=1S/C19H18N2OS/c1-21(13-15-8-10-20-11-9-15)19(22)14-23-18-7-6-16-4-2-3-5-17(16)12-18/h2-12H,13-14H2,1H3. The zero-order valence-electron chi connectivity index (χ0n) is 13.0. The van der Waals surface area contributed by atoms with E-state index in [4.69, 9.17) is 0 Å². The Morgan fingerprint density at radius 2 is 1.78 bits per heavy atom. The summed E-state index contributed by atoms with van der Waals surface area (Å²) >= 11 is 1.58. The van der Waals surface area contributed by atoms with Gasteiger partial charge in [-0.05, 0) is 40.6 Å². The average molecular weight is 322 g/mol. The summed E-state index contributed by atoms with van der Waals surface area (Å²) < 4.78 is 0. The van der Waals surface area contributed by atoms with Crippen molar-refractivity contribution < 1.29 is 4.79 Å². The van der Waals surface area contributed by atoms with E-state index in [9.17, 15) is 4.79 Å². The first-order valence-electron chi connectivity index (χ1n) is 7.47. The second kappa shape index (κ2) is 7.29. The number of thioether (sulfide) groups is 1. The van der Waals surface area contributed by atoms with Gasteiger partial charge in [0.15, 0.2) is 0 Å². The predicted molar refractivity (Wildman–Crippen MR) is 95.4 cm³/mol. The largest absolute Gasteiger partial charge is 0.341 e. The number of hydrogen-bond donors (Lipinski definition) is 0. The molecule has 0 saturated carbocycles. The number of nitrogens with zero attached hydrogens (tertiary/aromatic N) is 2. The summed E-state index contributed by atoms with van der Waals surface area (Å²) in [5.74, 6) is 0.569. The van der Waals surface area contributed by atoms with E-state index in [1.165, 1.54) is 10.8 Å². The van der Waals surface area contributed by atoms with Gasteiger partial charge in [-0.2, -0.15) is 0 Å². The second-order valence-electron chi connectivity index (χ2n) is 5.40. The number of hydrogen-bond acceptors (Lipinski definition) is 3. The minimum Gasteiger partial charge on any atom is -0.341 e. The van der Waals surface area contributed by atoms with Crippen molar-refractivity contribution in [3.63, 3.8) is 0 Å². The summed E-state index contributed by atoms with van der Waals surface area (Å²) in [6.45, 7) is 0.611. The first-order chi connectivity index (χ1) is 11.2. The Bertz CT molecular complexity index is 805. The van der Waals surface area contributed by atoms with Gasteiger partial charge in [-0.1, -0.05) is 30.3 Å². The number of aromatic nitrogens is 1. The summed E-state index contributed by atoms with van der Waals surface area (Å²) in [5.41, 5.74) is 1.09. The highest BCUT2D eigenvalue weighted by atomic mass is 32.2. The van der Waals surface area contributed by atoms with Crippen LogP contribution in [-0.2, 0) is 11.3 Å². The van der Waals surface area contributed by atoms with Crippen molar-refractivity contribution in [1.82, 2.24) is 9.88 Å². The van der Waals surface area contributed by atoms with Gasteiger partial charge in [-0.25, -0.2) is 0 Å². The van der Waals surface area contributed by atoms with Crippen LogP contribution in [-0.4, -0.2) is 28.6 Å². The number of carbonyl (C=O) groups is 1. The van der Waals surface area contributed by atoms with Gasteiger partial charge in [0.2, 0.25) is 5.91 Å². The Morgan fingerprint density at radius 3 is 2.57 bits per heavy atom. The van der Waals surface area contributed by atoms with E-state index in [2.05, 4.69) is 35.3 Å². The van der Waals surface area contributed by atoms with Crippen LogP contribution in [0.3, 0.4) is 0 Å². The lowest BCUT2D eigenvalue weighted by molar-refractivity contribution is -0.127. The lowest BCUT2D eigenvalue weighted by Crippen LogP contribution is -2.27. The van der Waals surface area contributed by atoms with Crippen molar-refractivity contribution in [1.29, 1.82) is 0 Å². The molecule has 0 unspecified atom stereocenters. The van der Waals surface area contributed by atoms with Crippen molar-refractivity contribution in [2.45, 2.75) is 11.4 Å². The van der Waals surface area contributed by atoms with E-state index in [1.807, 2.05) is 31.3 Å². The van der Waals surface area contributed by atoms with Crippen molar-refractivity contribution in [2.24, 2.45) is 0 Å². The number of benzene rings is 2. The van der Waals surface area contributed by atoms with Gasteiger partial charge in [0.25, 0.3) is 0 Å². The number of rotatable bonds is 5. The molecule has 4 heteroatoms. The molecule has 2 aromatic carbocycles. The van der Waals surface area contributed by atoms with Crippen molar-refractivity contribution in [2.75, 3.05) is 12.8 Å². The molecule has 0 atom stereocenters. The fourth-order valence-electron chi connectivity index (χ4n) is 2.36. The Kier molecular flexibility index (Phi) is 4.93. The molecule has 0 saturated heterocycles. The van der Waals surface area contributed by atoms with Gasteiger partial charge in [0, 0.05) is 30.9 Å². The van der Waals surface area contributed by atoms with Crippen LogP contribution < -0.4 is 0 Å². The molecular formula is C19H18N2OS. The molecule has 3 nitrogen and oxygen atoms in total. The maximum atomic E-state index is 12.3. The predicted octanol–water partition coefficient (Wildman–Crippen LogP) is 3.99. The van der Waals surface area contributed by atoms with Crippen molar-refractivity contribution in [3.8, 4) is 0 Å². The quantitative estimate of drug-likeness (QED) is 0.666. The third kappa shape index (κ3) is 4.11. The molecule has 0 aliphatic heterocycles. The molecule has 0 fully saturated rings. The highest BCUT2D eigenvalue weighted by Gasteiger charge is 2.10. The van der Waals surface area contributed by atoms with E-state index in [-0.39, 0.29) is 5.91 Å². The molecule has 0 aliphatic rings. The highest BCUT2D eigenvalue weighted by molar-refractivity contribution is 8.00. The van der Waals surface area contributed by atoms with Gasteiger partial charge in [0.05, 0.1) is 5.75 Å². The topological polar surface area (TPSA) is 33.2 Å². The van der Waals surface area contributed by atoms with Crippen LogP contribution in [0.2, 0.25) is 0 Å². The molecule has 0 N–H and O–H groups in total. The highest BCUT2D eigenvalue weighted by Crippen LogP contribution is 2.23. The Labute approximate surface area is 140 Å². The summed E-state index contributed by atoms with van der Waals surface area (Å²) in [7, 11) is 1.84. The molecule has 0 aliphatic carbocycles. The Hall–Kier alpha value is -2.33. The molecule has 3 aromatic rings. The minimum atomic E-state index is 0.125. The van der Waals surface area contributed by atoms with Crippen LogP contribution in [0.25, 0.3) is 10.8 Å². The number of amides is 1. The van der Waals surface area contributed by atoms with Gasteiger partial charge in [-0.3, -0.25) is 9.78 Å². The third-order valence-electron chi connectivity index (χ3n) is 3.68. The fourth-order valence-corrected chi connectivity index (χ4v) is 3.25. The van der Waals surface area contributed by atoms with E-state index in [0.29, 0.717) is 12.3 Å². The average Bonchev–Trinajstić information content (AvgIpc) is 2.60. The first-order valence-corrected chi connectivity index (χ1v) is 8.45. The summed E-state index contributed by atoms with van der Waals surface area (Å²) in [6, 6.07) is 18.4. The zero-order chi connectivity index (χ0) is 16.1. The molecule has 23 heavy (non-hydrogen) atoms. The lowest BCUT2D eigenvalue weighted by atomic mass is 10.1. The summed E-state index contributed by atoms with van der Waals surface area (Å²) in [5, 5.41) is 2.42. The van der Waals surface area contributed by atoms with Gasteiger partial charge in [-0.15, -0.1) is 11.8 Å². The molecule has 1 heterocycles. The van der Waals surface area contributed by atoms with Gasteiger partial charge < -0.3 is 4.90 Å². The zero-order valence-corrected chi connectivity index (χ0v) is 13.8. The van der Waals surface area contributed by atoms with E-state index in [1.54, 1.807) is 29.1 Å². The maximum absolute atomic E-state index is 12.3. The van der Waals surface area contributed by atoms with E-state index < -0.39 is 0 Å². The molecule has 116 valence electrons. The number of carbonyl (C=O) groups excluding carboxylic acids is 1.